The molecule has 1 heterocycles. The molecular weight excluding hydrogens is 345 g/mol. The molecule has 1 aromatic carbocycles. The molecule has 0 unspecified atom stereocenters. The minimum Gasteiger partial charge on any atom is -0.484 e. The van der Waals surface area contributed by atoms with Crippen molar-refractivity contribution in [1.29, 1.82) is 0 Å². The van der Waals surface area contributed by atoms with E-state index in [0.29, 0.717) is 0 Å². The minimum atomic E-state index is -4.13. The van der Waals surface area contributed by atoms with Gasteiger partial charge >= 0.3 is 0 Å². The zero-order chi connectivity index (χ0) is 14.0. The van der Waals surface area contributed by atoms with Crippen molar-refractivity contribution in [2.75, 3.05) is 0 Å². The molecule has 10 heteroatoms. The highest BCUT2D eigenvalue weighted by Gasteiger charge is 2.18. The molecule has 0 spiro atoms. The summed E-state index contributed by atoms with van der Waals surface area (Å²) in [5, 5.41) is 8.37. The van der Waals surface area contributed by atoms with E-state index in [1.807, 2.05) is 0 Å². The molecule has 0 aliphatic heterocycles. The third-order valence-electron chi connectivity index (χ3n) is 2.06. The van der Waals surface area contributed by atoms with Crippen LogP contribution < -0.4 is 9.88 Å². The molecule has 0 fully saturated rings. The average molecular weight is 352 g/mol. The molecule has 0 aliphatic carbocycles. The van der Waals surface area contributed by atoms with E-state index < -0.39 is 20.7 Å². The van der Waals surface area contributed by atoms with Crippen LogP contribution in [-0.2, 0) is 16.6 Å². The van der Waals surface area contributed by atoms with Crippen LogP contribution in [0.25, 0.3) is 0 Å². The molecule has 0 aliphatic rings. The van der Waals surface area contributed by atoms with Crippen LogP contribution in [0.1, 0.15) is 5.82 Å². The zero-order valence-electron chi connectivity index (χ0n) is 9.21. The van der Waals surface area contributed by atoms with Crippen molar-refractivity contribution in [2.24, 2.45) is 5.14 Å². The van der Waals surface area contributed by atoms with Crippen molar-refractivity contribution in [3.63, 3.8) is 0 Å². The van der Waals surface area contributed by atoms with E-state index in [1.165, 1.54) is 0 Å². The van der Waals surface area contributed by atoms with Gasteiger partial charge < -0.3 is 9.26 Å². The first kappa shape index (κ1) is 13.9. The number of hydrogen-bond acceptors (Lipinski definition) is 6. The summed E-state index contributed by atoms with van der Waals surface area (Å²) in [5.74, 6) is -0.647. The molecule has 0 radical (unpaired) electrons. The maximum absolute atomic E-state index is 13.6. The molecule has 1 aromatic heterocycles. The molecule has 0 amide bonds. The Bertz CT molecular complexity index is 690. The van der Waals surface area contributed by atoms with Gasteiger partial charge in [0.25, 0.3) is 0 Å². The van der Waals surface area contributed by atoms with E-state index in [-0.39, 0.29) is 22.7 Å². The summed E-state index contributed by atoms with van der Waals surface area (Å²) >= 11 is 3.06. The lowest BCUT2D eigenvalue weighted by Crippen LogP contribution is -2.14. The van der Waals surface area contributed by atoms with E-state index >= 15 is 0 Å². The van der Waals surface area contributed by atoms with Crippen molar-refractivity contribution >= 4 is 26.0 Å². The Hall–Kier alpha value is -1.52. The van der Waals surface area contributed by atoms with Crippen LogP contribution in [-0.4, -0.2) is 18.6 Å². The summed E-state index contributed by atoms with van der Waals surface area (Å²) in [6, 6.07) is 1.93. The van der Waals surface area contributed by atoms with Crippen molar-refractivity contribution < 1.29 is 22.1 Å². The smallest absolute Gasteiger partial charge is 0.241 e. The van der Waals surface area contributed by atoms with Gasteiger partial charge in [0.15, 0.2) is 6.61 Å². The van der Waals surface area contributed by atoms with Crippen LogP contribution in [0, 0.1) is 5.82 Å². The zero-order valence-corrected chi connectivity index (χ0v) is 11.6. The number of primary sulfonamides is 1. The summed E-state index contributed by atoms with van der Waals surface area (Å²) in [6.45, 7) is -0.0523. The van der Waals surface area contributed by atoms with Gasteiger partial charge in [0.05, 0.1) is 4.47 Å². The fraction of sp³-hybridized carbons (Fsp3) is 0.111. The molecule has 2 aromatic rings. The van der Waals surface area contributed by atoms with E-state index in [1.54, 1.807) is 0 Å². The summed E-state index contributed by atoms with van der Waals surface area (Å²) < 4.78 is 45.8. The lowest BCUT2D eigenvalue weighted by Gasteiger charge is -2.08. The van der Waals surface area contributed by atoms with E-state index in [9.17, 15) is 12.8 Å². The maximum Gasteiger partial charge on any atom is 0.241 e. The minimum absolute atomic E-state index is 0.0523. The predicted molar refractivity (Wildman–Crippen MR) is 64.1 cm³/mol. The van der Waals surface area contributed by atoms with Crippen molar-refractivity contribution in [1.82, 2.24) is 10.1 Å². The average Bonchev–Trinajstić information content (AvgIpc) is 2.81. The van der Waals surface area contributed by atoms with Gasteiger partial charge in [0.1, 0.15) is 16.5 Å². The molecule has 7 nitrogen and oxygen atoms in total. The Morgan fingerprint density at radius 1 is 1.47 bits per heavy atom. The molecule has 0 atom stereocenters. The second-order valence-corrected chi connectivity index (χ2v) is 5.78. The van der Waals surface area contributed by atoms with Crippen LogP contribution >= 0.6 is 15.9 Å². The molecule has 0 bridgehead atoms. The third-order valence-corrected chi connectivity index (χ3v) is 3.60. The van der Waals surface area contributed by atoms with E-state index in [4.69, 9.17) is 9.88 Å². The van der Waals surface area contributed by atoms with Crippen LogP contribution in [0.5, 0.6) is 5.75 Å². The Morgan fingerprint density at radius 3 is 2.79 bits per heavy atom. The van der Waals surface area contributed by atoms with E-state index in [0.717, 1.165) is 18.5 Å². The van der Waals surface area contributed by atoms with Gasteiger partial charge in [0.2, 0.25) is 22.2 Å². The molecule has 102 valence electrons. The molecule has 2 N–H and O–H groups in total. The van der Waals surface area contributed by atoms with Crippen LogP contribution in [0.2, 0.25) is 0 Å². The van der Waals surface area contributed by atoms with Gasteiger partial charge in [-0.1, -0.05) is 5.16 Å². The Kier molecular flexibility index (Phi) is 3.83. The lowest BCUT2D eigenvalue weighted by atomic mass is 10.3. The molecule has 0 saturated heterocycles. The van der Waals surface area contributed by atoms with Gasteiger partial charge in [-0.3, -0.25) is 0 Å². The van der Waals surface area contributed by atoms with Gasteiger partial charge in [0, 0.05) is 6.07 Å². The van der Waals surface area contributed by atoms with Gasteiger partial charge in [-0.05, 0) is 22.0 Å². The third kappa shape index (κ3) is 3.28. The number of ether oxygens (including phenoxy) is 1. The Labute approximate surface area is 115 Å². The number of rotatable bonds is 4. The number of aromatic nitrogens is 2. The van der Waals surface area contributed by atoms with Gasteiger partial charge in [-0.25, -0.2) is 17.9 Å². The molecule has 19 heavy (non-hydrogen) atoms. The normalized spacial score (nSPS) is 11.5. The highest BCUT2D eigenvalue weighted by Crippen LogP contribution is 2.30. The largest absolute Gasteiger partial charge is 0.484 e. The predicted octanol–water partition coefficient (Wildman–Crippen LogP) is 1.20. The second kappa shape index (κ2) is 5.23. The number of halogens is 2. The fourth-order valence-electron chi connectivity index (χ4n) is 1.24. The van der Waals surface area contributed by atoms with Crippen molar-refractivity contribution in [2.45, 2.75) is 11.5 Å². The van der Waals surface area contributed by atoms with Gasteiger partial charge in [-0.15, -0.1) is 0 Å². The standard InChI is InChI=1S/C9H7BrFN3O4S/c10-5-1-8(19(12,15)16)6(11)2-7(5)17-3-9-13-4-18-14-9/h1-2,4H,3H2,(H2,12,15,16). The van der Waals surface area contributed by atoms with Crippen LogP contribution in [0.15, 0.2) is 32.4 Å². The Balaban J connectivity index is 2.26. The first-order valence-electron chi connectivity index (χ1n) is 4.78. The number of nitrogens with zero attached hydrogens (tertiary/aromatic N) is 2. The van der Waals surface area contributed by atoms with Crippen molar-refractivity contribution in [3.05, 3.63) is 34.6 Å². The molecule has 2 rings (SSSR count). The van der Waals surface area contributed by atoms with Gasteiger partial charge in [-0.2, -0.15) is 4.98 Å². The monoisotopic (exact) mass is 351 g/mol. The summed E-state index contributed by atoms with van der Waals surface area (Å²) in [4.78, 5) is 3.09. The Morgan fingerprint density at radius 2 is 2.21 bits per heavy atom. The summed E-state index contributed by atoms with van der Waals surface area (Å²) in [7, 11) is -4.13. The highest BCUT2D eigenvalue weighted by molar-refractivity contribution is 9.10. The summed E-state index contributed by atoms with van der Waals surface area (Å²) in [5.41, 5.74) is 0. The quantitative estimate of drug-likeness (QED) is 0.886. The van der Waals surface area contributed by atoms with Crippen LogP contribution in [0.3, 0.4) is 0 Å². The first-order chi connectivity index (χ1) is 8.88. The SMILES string of the molecule is NS(=O)(=O)c1cc(Br)c(OCc2ncon2)cc1F. The topological polar surface area (TPSA) is 108 Å². The number of sulfonamides is 1. The maximum atomic E-state index is 13.6. The number of hydrogen-bond donors (Lipinski definition) is 1. The summed E-state index contributed by atoms with van der Waals surface area (Å²) in [6.07, 6.45) is 1.12. The number of benzene rings is 1. The fourth-order valence-corrected chi connectivity index (χ4v) is 2.46. The van der Waals surface area contributed by atoms with Crippen molar-refractivity contribution in [3.8, 4) is 5.75 Å². The lowest BCUT2D eigenvalue weighted by molar-refractivity contribution is 0.283. The second-order valence-electron chi connectivity index (χ2n) is 3.39. The highest BCUT2D eigenvalue weighted by atomic mass is 79.9. The first-order valence-corrected chi connectivity index (χ1v) is 7.12. The molecule has 0 saturated carbocycles. The van der Waals surface area contributed by atoms with E-state index in [2.05, 4.69) is 30.6 Å². The number of nitrogens with two attached hydrogens (primary N) is 1. The molecular formula is C9H7BrFN3O4S. The van der Waals surface area contributed by atoms with Crippen LogP contribution in [0.4, 0.5) is 4.39 Å².